The minimum Gasteiger partial charge on any atom is -0.497 e. The van der Waals surface area contributed by atoms with Crippen LogP contribution in [0, 0.1) is 0 Å². The Hall–Kier alpha value is -1.88. The zero-order chi connectivity index (χ0) is 12.4. The maximum absolute atomic E-state index is 5.72. The number of ether oxygens (including phenoxy) is 1. The van der Waals surface area contributed by atoms with E-state index < -0.39 is 0 Å². The largest absolute Gasteiger partial charge is 0.497 e. The van der Waals surface area contributed by atoms with E-state index in [2.05, 4.69) is 15.5 Å². The van der Waals surface area contributed by atoms with Gasteiger partial charge in [0.15, 0.2) is 0 Å². The lowest BCUT2D eigenvalue weighted by molar-refractivity contribution is 0.414. The van der Waals surface area contributed by atoms with Crippen molar-refractivity contribution < 1.29 is 9.15 Å². The van der Waals surface area contributed by atoms with Gasteiger partial charge in [0.1, 0.15) is 5.75 Å². The van der Waals surface area contributed by atoms with Crippen LogP contribution < -0.4 is 10.1 Å². The van der Waals surface area contributed by atoms with Gasteiger partial charge in [-0.25, -0.2) is 0 Å². The normalized spacial score (nSPS) is 19.1. The SMILES string of the molecule is COc1ccc(-c2nnc([C@@H]3CCNC3)o2)cc1. The number of methoxy groups -OCH3 is 1. The highest BCUT2D eigenvalue weighted by atomic mass is 16.5. The minimum atomic E-state index is 0.351. The molecular weight excluding hydrogens is 230 g/mol. The summed E-state index contributed by atoms with van der Waals surface area (Å²) in [5.41, 5.74) is 0.917. The molecule has 0 radical (unpaired) electrons. The molecule has 2 heterocycles. The number of rotatable bonds is 3. The predicted molar refractivity (Wildman–Crippen MR) is 66.5 cm³/mol. The lowest BCUT2D eigenvalue weighted by atomic mass is 10.1. The summed E-state index contributed by atoms with van der Waals surface area (Å²) in [4.78, 5) is 0. The molecule has 1 N–H and O–H groups in total. The van der Waals surface area contributed by atoms with Crippen molar-refractivity contribution >= 4 is 0 Å². The fraction of sp³-hybridized carbons (Fsp3) is 0.385. The van der Waals surface area contributed by atoms with E-state index in [-0.39, 0.29) is 0 Å². The van der Waals surface area contributed by atoms with Crippen LogP contribution >= 0.6 is 0 Å². The fourth-order valence-electron chi connectivity index (χ4n) is 2.12. The van der Waals surface area contributed by atoms with Gasteiger partial charge in [0, 0.05) is 12.1 Å². The van der Waals surface area contributed by atoms with Gasteiger partial charge in [0.25, 0.3) is 0 Å². The summed E-state index contributed by atoms with van der Waals surface area (Å²) in [5, 5.41) is 11.5. The van der Waals surface area contributed by atoms with Gasteiger partial charge in [-0.15, -0.1) is 10.2 Å². The van der Waals surface area contributed by atoms with Gasteiger partial charge >= 0.3 is 0 Å². The van der Waals surface area contributed by atoms with Crippen LogP contribution in [0.15, 0.2) is 28.7 Å². The Labute approximate surface area is 105 Å². The first-order valence-electron chi connectivity index (χ1n) is 6.05. The fourth-order valence-corrected chi connectivity index (χ4v) is 2.12. The molecule has 1 aliphatic heterocycles. The molecule has 0 amide bonds. The number of hydrogen-bond donors (Lipinski definition) is 1. The summed E-state index contributed by atoms with van der Waals surface area (Å²) in [6.45, 7) is 1.94. The summed E-state index contributed by atoms with van der Waals surface area (Å²) >= 11 is 0. The quantitative estimate of drug-likeness (QED) is 0.893. The van der Waals surface area contributed by atoms with Gasteiger partial charge in [-0.1, -0.05) is 0 Å². The molecule has 0 saturated carbocycles. The molecule has 1 aliphatic rings. The Bertz CT molecular complexity index is 515. The molecule has 94 valence electrons. The Kier molecular flexibility index (Phi) is 2.98. The number of hydrogen-bond acceptors (Lipinski definition) is 5. The van der Waals surface area contributed by atoms with E-state index in [0.717, 1.165) is 36.7 Å². The van der Waals surface area contributed by atoms with Crippen molar-refractivity contribution in [2.75, 3.05) is 20.2 Å². The van der Waals surface area contributed by atoms with Crippen LogP contribution in [0.25, 0.3) is 11.5 Å². The second-order valence-corrected chi connectivity index (χ2v) is 4.36. The molecule has 0 aliphatic carbocycles. The molecular formula is C13H15N3O2. The number of benzene rings is 1. The smallest absolute Gasteiger partial charge is 0.247 e. The third-order valence-corrected chi connectivity index (χ3v) is 3.19. The summed E-state index contributed by atoms with van der Waals surface area (Å²) in [7, 11) is 1.65. The zero-order valence-electron chi connectivity index (χ0n) is 10.2. The standard InChI is InChI=1S/C13H15N3O2/c1-17-11-4-2-9(3-5-11)12-15-16-13(18-12)10-6-7-14-8-10/h2-5,10,14H,6-8H2,1H3/t10-/m1/s1. The highest BCUT2D eigenvalue weighted by Gasteiger charge is 2.22. The molecule has 1 aromatic heterocycles. The molecule has 2 aromatic rings. The lowest BCUT2D eigenvalue weighted by Gasteiger charge is -2.01. The average Bonchev–Trinajstić information content (AvgIpc) is 3.09. The second-order valence-electron chi connectivity index (χ2n) is 4.36. The van der Waals surface area contributed by atoms with E-state index in [1.54, 1.807) is 7.11 Å². The molecule has 0 spiro atoms. The van der Waals surface area contributed by atoms with Crippen LogP contribution in [0.5, 0.6) is 5.75 Å². The molecule has 0 unspecified atom stereocenters. The van der Waals surface area contributed by atoms with Gasteiger partial charge < -0.3 is 14.5 Å². The molecule has 5 heteroatoms. The van der Waals surface area contributed by atoms with Crippen molar-refractivity contribution in [1.82, 2.24) is 15.5 Å². The number of nitrogens with zero attached hydrogens (tertiary/aromatic N) is 2. The first kappa shape index (κ1) is 11.2. The van der Waals surface area contributed by atoms with Gasteiger partial charge in [-0.3, -0.25) is 0 Å². The molecule has 1 aromatic carbocycles. The van der Waals surface area contributed by atoms with Gasteiger partial charge in [-0.05, 0) is 37.2 Å². The Balaban J connectivity index is 1.82. The Morgan fingerprint density at radius 2 is 2.11 bits per heavy atom. The monoisotopic (exact) mass is 245 g/mol. The van der Waals surface area contributed by atoms with Gasteiger partial charge in [0.05, 0.1) is 13.0 Å². The molecule has 0 bridgehead atoms. The van der Waals surface area contributed by atoms with Gasteiger partial charge in [0.2, 0.25) is 11.8 Å². The van der Waals surface area contributed by atoms with Crippen molar-refractivity contribution in [2.45, 2.75) is 12.3 Å². The molecule has 1 atom stereocenters. The van der Waals surface area contributed by atoms with Crippen molar-refractivity contribution in [3.8, 4) is 17.2 Å². The minimum absolute atomic E-state index is 0.351. The van der Waals surface area contributed by atoms with E-state index in [9.17, 15) is 0 Å². The molecule has 5 nitrogen and oxygen atoms in total. The first-order valence-corrected chi connectivity index (χ1v) is 6.05. The van der Waals surface area contributed by atoms with Crippen molar-refractivity contribution in [3.05, 3.63) is 30.2 Å². The molecule has 1 fully saturated rings. The van der Waals surface area contributed by atoms with E-state index in [1.807, 2.05) is 24.3 Å². The first-order chi connectivity index (χ1) is 8.86. The predicted octanol–water partition coefficient (Wildman–Crippen LogP) is 1.82. The van der Waals surface area contributed by atoms with E-state index >= 15 is 0 Å². The maximum Gasteiger partial charge on any atom is 0.247 e. The van der Waals surface area contributed by atoms with E-state index in [0.29, 0.717) is 11.8 Å². The molecule has 18 heavy (non-hydrogen) atoms. The van der Waals surface area contributed by atoms with Crippen LogP contribution in [0.2, 0.25) is 0 Å². The van der Waals surface area contributed by atoms with Gasteiger partial charge in [-0.2, -0.15) is 0 Å². The second kappa shape index (κ2) is 4.78. The summed E-state index contributed by atoms with van der Waals surface area (Å²) in [5.74, 6) is 2.47. The van der Waals surface area contributed by atoms with E-state index in [1.165, 1.54) is 0 Å². The zero-order valence-corrected chi connectivity index (χ0v) is 10.2. The van der Waals surface area contributed by atoms with Crippen LogP contribution in [0.4, 0.5) is 0 Å². The average molecular weight is 245 g/mol. The highest BCUT2D eigenvalue weighted by Crippen LogP contribution is 2.26. The topological polar surface area (TPSA) is 60.2 Å². The summed E-state index contributed by atoms with van der Waals surface area (Å²) < 4.78 is 10.8. The maximum atomic E-state index is 5.72. The van der Waals surface area contributed by atoms with Crippen LogP contribution in [0.1, 0.15) is 18.2 Å². The van der Waals surface area contributed by atoms with Crippen LogP contribution in [-0.2, 0) is 0 Å². The number of nitrogens with one attached hydrogen (secondary N) is 1. The van der Waals surface area contributed by atoms with Crippen LogP contribution in [0.3, 0.4) is 0 Å². The van der Waals surface area contributed by atoms with Crippen molar-refractivity contribution in [3.63, 3.8) is 0 Å². The lowest BCUT2D eigenvalue weighted by Crippen LogP contribution is -2.08. The van der Waals surface area contributed by atoms with E-state index in [4.69, 9.17) is 9.15 Å². The molecule has 1 saturated heterocycles. The Morgan fingerprint density at radius 1 is 1.28 bits per heavy atom. The van der Waals surface area contributed by atoms with Crippen LogP contribution in [-0.4, -0.2) is 30.4 Å². The third kappa shape index (κ3) is 2.09. The summed E-state index contributed by atoms with van der Waals surface area (Å²) in [6.07, 6.45) is 1.06. The third-order valence-electron chi connectivity index (χ3n) is 3.19. The molecule has 3 rings (SSSR count). The highest BCUT2D eigenvalue weighted by molar-refractivity contribution is 5.53. The van der Waals surface area contributed by atoms with Crippen molar-refractivity contribution in [2.24, 2.45) is 0 Å². The van der Waals surface area contributed by atoms with Crippen molar-refractivity contribution in [1.29, 1.82) is 0 Å². The summed E-state index contributed by atoms with van der Waals surface area (Å²) in [6, 6.07) is 7.61. The Morgan fingerprint density at radius 3 is 2.78 bits per heavy atom. The number of aromatic nitrogens is 2.